The van der Waals surface area contributed by atoms with Gasteiger partial charge in [0.25, 0.3) is 0 Å². The zero-order chi connectivity index (χ0) is 10.7. The van der Waals surface area contributed by atoms with Gasteiger partial charge < -0.3 is 4.90 Å². The van der Waals surface area contributed by atoms with Gasteiger partial charge in [0.1, 0.15) is 6.33 Å². The summed E-state index contributed by atoms with van der Waals surface area (Å²) >= 11 is 0. The molecule has 0 fully saturated rings. The van der Waals surface area contributed by atoms with Crippen molar-refractivity contribution in [2.45, 2.75) is 13.8 Å². The molecule has 78 valence electrons. The van der Waals surface area contributed by atoms with Crippen molar-refractivity contribution in [3.05, 3.63) is 18.7 Å². The summed E-state index contributed by atoms with van der Waals surface area (Å²) in [7, 11) is 0. The first-order chi connectivity index (χ1) is 7.36. The number of hydrogen-bond acceptors (Lipinski definition) is 5. The zero-order valence-corrected chi connectivity index (χ0v) is 8.88. The molecule has 0 radical (unpaired) electrons. The van der Waals surface area contributed by atoms with Crippen molar-refractivity contribution in [3.63, 3.8) is 0 Å². The van der Waals surface area contributed by atoms with Gasteiger partial charge in [-0.15, -0.1) is 0 Å². The van der Waals surface area contributed by atoms with E-state index >= 15 is 0 Å². The summed E-state index contributed by atoms with van der Waals surface area (Å²) in [5.41, 5.74) is 1.41. The first kappa shape index (κ1) is 9.76. The normalized spacial score (nSPS) is 10.5. The molecule has 0 saturated carbocycles. The van der Waals surface area contributed by atoms with Gasteiger partial charge in [-0.3, -0.25) is 0 Å². The van der Waals surface area contributed by atoms with Crippen LogP contribution in [0.2, 0.25) is 0 Å². The molecular formula is C10H13N5. The van der Waals surface area contributed by atoms with Gasteiger partial charge in [-0.2, -0.15) is 0 Å². The summed E-state index contributed by atoms with van der Waals surface area (Å²) in [5.74, 6) is 0.859. The van der Waals surface area contributed by atoms with Crippen LogP contribution in [0.15, 0.2) is 18.7 Å². The molecule has 0 aliphatic heterocycles. The maximum atomic E-state index is 4.27. The first-order valence-electron chi connectivity index (χ1n) is 5.03. The Morgan fingerprint density at radius 3 is 2.47 bits per heavy atom. The molecule has 0 N–H and O–H groups in total. The van der Waals surface area contributed by atoms with Crippen LogP contribution in [-0.2, 0) is 0 Å². The van der Waals surface area contributed by atoms with Crippen LogP contribution < -0.4 is 4.90 Å². The van der Waals surface area contributed by atoms with E-state index in [1.165, 1.54) is 6.33 Å². The molecule has 0 saturated heterocycles. The molecule has 2 rings (SSSR count). The molecule has 15 heavy (non-hydrogen) atoms. The number of nitrogens with zero attached hydrogens (tertiary/aromatic N) is 5. The Balaban J connectivity index is 2.59. The van der Waals surface area contributed by atoms with Crippen LogP contribution >= 0.6 is 0 Å². The second-order valence-corrected chi connectivity index (χ2v) is 3.10. The molecule has 0 aliphatic carbocycles. The monoisotopic (exact) mass is 203 g/mol. The van der Waals surface area contributed by atoms with Crippen LogP contribution in [0.4, 0.5) is 5.82 Å². The highest BCUT2D eigenvalue weighted by atomic mass is 15.2. The van der Waals surface area contributed by atoms with E-state index in [0.717, 1.165) is 24.4 Å². The molecule has 2 aromatic rings. The van der Waals surface area contributed by atoms with Gasteiger partial charge in [0.2, 0.25) is 0 Å². The van der Waals surface area contributed by atoms with Crippen molar-refractivity contribution < 1.29 is 0 Å². The summed E-state index contributed by atoms with van der Waals surface area (Å²) in [6.07, 6.45) is 4.84. The average Bonchev–Trinajstić information content (AvgIpc) is 2.31. The summed E-state index contributed by atoms with van der Waals surface area (Å²) in [6, 6.07) is 0. The Bertz CT molecular complexity index is 447. The quantitative estimate of drug-likeness (QED) is 0.751. The standard InChI is InChI=1S/C10H13N5/c1-3-15(4-2)10-8-9(13-7-14-10)12-6-5-11-8/h5-7H,3-4H2,1-2H3. The highest BCUT2D eigenvalue weighted by Crippen LogP contribution is 2.17. The fourth-order valence-electron chi connectivity index (χ4n) is 1.54. The molecule has 0 unspecified atom stereocenters. The van der Waals surface area contributed by atoms with Crippen LogP contribution in [0, 0.1) is 0 Å². The van der Waals surface area contributed by atoms with E-state index in [9.17, 15) is 0 Å². The van der Waals surface area contributed by atoms with E-state index in [2.05, 4.69) is 38.7 Å². The van der Waals surface area contributed by atoms with Crippen LogP contribution in [0.1, 0.15) is 13.8 Å². The van der Waals surface area contributed by atoms with Gasteiger partial charge in [0.05, 0.1) is 0 Å². The molecule has 0 atom stereocenters. The fraction of sp³-hybridized carbons (Fsp3) is 0.400. The van der Waals surface area contributed by atoms with Crippen LogP contribution in [0.5, 0.6) is 0 Å². The van der Waals surface area contributed by atoms with Crippen molar-refractivity contribution in [2.24, 2.45) is 0 Å². The molecule has 5 heteroatoms. The van der Waals surface area contributed by atoms with Crippen LogP contribution in [0.25, 0.3) is 11.2 Å². The number of rotatable bonds is 3. The Labute approximate surface area is 88.2 Å². The third-order valence-electron chi connectivity index (χ3n) is 2.31. The molecule has 0 aliphatic rings. The van der Waals surface area contributed by atoms with E-state index < -0.39 is 0 Å². The van der Waals surface area contributed by atoms with Crippen molar-refractivity contribution in [1.82, 2.24) is 19.9 Å². The van der Waals surface area contributed by atoms with E-state index in [4.69, 9.17) is 0 Å². The molecule has 5 nitrogen and oxygen atoms in total. The molecule has 2 heterocycles. The Morgan fingerprint density at radius 1 is 1.00 bits per heavy atom. The Kier molecular flexibility index (Phi) is 2.71. The van der Waals surface area contributed by atoms with Gasteiger partial charge in [-0.25, -0.2) is 19.9 Å². The number of aromatic nitrogens is 4. The molecule has 2 aromatic heterocycles. The maximum Gasteiger partial charge on any atom is 0.183 e. The maximum absolute atomic E-state index is 4.27. The lowest BCUT2D eigenvalue weighted by Gasteiger charge is -2.19. The molecule has 0 amide bonds. The van der Waals surface area contributed by atoms with E-state index in [1.807, 2.05) is 0 Å². The first-order valence-corrected chi connectivity index (χ1v) is 5.03. The van der Waals surface area contributed by atoms with E-state index in [-0.39, 0.29) is 0 Å². The smallest absolute Gasteiger partial charge is 0.183 e. The predicted molar refractivity (Wildman–Crippen MR) is 58.7 cm³/mol. The Morgan fingerprint density at radius 2 is 1.73 bits per heavy atom. The second-order valence-electron chi connectivity index (χ2n) is 3.10. The van der Waals surface area contributed by atoms with Gasteiger partial charge >= 0.3 is 0 Å². The van der Waals surface area contributed by atoms with Gasteiger partial charge in [0, 0.05) is 25.5 Å². The minimum Gasteiger partial charge on any atom is -0.355 e. The Hall–Kier alpha value is -1.78. The van der Waals surface area contributed by atoms with Gasteiger partial charge in [0.15, 0.2) is 17.0 Å². The largest absolute Gasteiger partial charge is 0.355 e. The number of fused-ring (bicyclic) bond motifs is 1. The van der Waals surface area contributed by atoms with Gasteiger partial charge in [-0.05, 0) is 13.8 Å². The summed E-state index contributed by atoms with van der Waals surface area (Å²) in [4.78, 5) is 18.9. The summed E-state index contributed by atoms with van der Waals surface area (Å²) in [6.45, 7) is 5.99. The summed E-state index contributed by atoms with van der Waals surface area (Å²) in [5, 5.41) is 0. The SMILES string of the molecule is CCN(CC)c1ncnc2nccnc12. The number of anilines is 1. The van der Waals surface area contributed by atoms with E-state index in [1.54, 1.807) is 12.4 Å². The zero-order valence-electron chi connectivity index (χ0n) is 8.88. The van der Waals surface area contributed by atoms with Crippen LogP contribution in [-0.4, -0.2) is 33.0 Å². The minimum atomic E-state index is 0.648. The molecule has 0 aromatic carbocycles. The van der Waals surface area contributed by atoms with Gasteiger partial charge in [-0.1, -0.05) is 0 Å². The lowest BCUT2D eigenvalue weighted by molar-refractivity contribution is 0.845. The van der Waals surface area contributed by atoms with Crippen molar-refractivity contribution >= 4 is 17.0 Å². The fourth-order valence-corrected chi connectivity index (χ4v) is 1.54. The topological polar surface area (TPSA) is 54.8 Å². The molecule has 0 bridgehead atoms. The van der Waals surface area contributed by atoms with Crippen molar-refractivity contribution in [1.29, 1.82) is 0 Å². The third-order valence-corrected chi connectivity index (χ3v) is 2.31. The summed E-state index contributed by atoms with van der Waals surface area (Å²) < 4.78 is 0. The molecule has 0 spiro atoms. The minimum absolute atomic E-state index is 0.648. The van der Waals surface area contributed by atoms with Crippen LogP contribution in [0.3, 0.4) is 0 Å². The second kappa shape index (κ2) is 4.16. The average molecular weight is 203 g/mol. The molecular weight excluding hydrogens is 190 g/mol. The van der Waals surface area contributed by atoms with Crippen molar-refractivity contribution in [2.75, 3.05) is 18.0 Å². The third kappa shape index (κ3) is 1.72. The number of hydrogen-bond donors (Lipinski definition) is 0. The highest BCUT2D eigenvalue weighted by molar-refractivity contribution is 5.81. The van der Waals surface area contributed by atoms with E-state index in [0.29, 0.717) is 5.65 Å². The van der Waals surface area contributed by atoms with Crippen molar-refractivity contribution in [3.8, 4) is 0 Å². The lowest BCUT2D eigenvalue weighted by atomic mass is 10.4. The lowest BCUT2D eigenvalue weighted by Crippen LogP contribution is -2.23. The highest BCUT2D eigenvalue weighted by Gasteiger charge is 2.10. The predicted octanol–water partition coefficient (Wildman–Crippen LogP) is 1.27.